The number of carbonyl (C=O) groups is 1. The van der Waals surface area contributed by atoms with Gasteiger partial charge < -0.3 is 15.0 Å². The predicted molar refractivity (Wildman–Crippen MR) is 96.3 cm³/mol. The quantitative estimate of drug-likeness (QED) is 0.763. The Hall–Kier alpha value is -2.00. The van der Waals surface area contributed by atoms with Crippen LogP contribution >= 0.6 is 11.3 Å². The number of piperidine rings is 1. The molecule has 0 spiro atoms. The molecular weight excluding hydrogens is 342 g/mol. The van der Waals surface area contributed by atoms with Gasteiger partial charge in [-0.1, -0.05) is 11.3 Å². The molecule has 0 saturated carbocycles. The van der Waals surface area contributed by atoms with Gasteiger partial charge in [0, 0.05) is 45.1 Å². The predicted octanol–water partition coefficient (Wildman–Crippen LogP) is 0.829. The second-order valence-corrected chi connectivity index (χ2v) is 7.17. The summed E-state index contributed by atoms with van der Waals surface area (Å²) in [7, 11) is 1.65. The minimum Gasteiger partial charge on any atom is -0.385 e. The zero-order chi connectivity index (χ0) is 17.8. The summed E-state index contributed by atoms with van der Waals surface area (Å²) in [6.07, 6.45) is 2.60. The van der Waals surface area contributed by atoms with Crippen molar-refractivity contribution in [2.45, 2.75) is 26.2 Å². The molecule has 1 aliphatic rings. The van der Waals surface area contributed by atoms with Gasteiger partial charge in [0.2, 0.25) is 16.0 Å². The summed E-state index contributed by atoms with van der Waals surface area (Å²) < 4.78 is 6.33. The molecule has 136 valence electrons. The van der Waals surface area contributed by atoms with Crippen molar-refractivity contribution in [2.24, 2.45) is 5.92 Å². The van der Waals surface area contributed by atoms with E-state index in [0.717, 1.165) is 30.9 Å². The van der Waals surface area contributed by atoms with Crippen LogP contribution in [0, 0.1) is 12.8 Å². The van der Waals surface area contributed by atoms with Crippen molar-refractivity contribution < 1.29 is 9.53 Å². The van der Waals surface area contributed by atoms with E-state index < -0.39 is 0 Å². The van der Waals surface area contributed by atoms with Gasteiger partial charge in [-0.15, -0.1) is 5.10 Å². The molecule has 1 N–H and O–H groups in total. The fraction of sp³-hybridized carbons (Fsp3) is 0.625. The van der Waals surface area contributed by atoms with Crippen LogP contribution in [0.25, 0.3) is 4.96 Å². The Morgan fingerprint density at radius 3 is 3.16 bits per heavy atom. The lowest BCUT2D eigenvalue weighted by atomic mass is 9.97. The van der Waals surface area contributed by atoms with Crippen LogP contribution in [-0.2, 0) is 9.53 Å². The lowest BCUT2D eigenvalue weighted by molar-refractivity contribution is -0.125. The Morgan fingerprint density at radius 2 is 2.36 bits per heavy atom. The molecule has 1 aliphatic heterocycles. The van der Waals surface area contributed by atoms with Crippen LogP contribution < -0.4 is 15.8 Å². The van der Waals surface area contributed by atoms with E-state index in [2.05, 4.69) is 20.3 Å². The van der Waals surface area contributed by atoms with Crippen molar-refractivity contribution in [3.8, 4) is 0 Å². The van der Waals surface area contributed by atoms with E-state index >= 15 is 0 Å². The number of amides is 1. The highest BCUT2D eigenvalue weighted by Gasteiger charge is 2.27. The van der Waals surface area contributed by atoms with Gasteiger partial charge in [-0.2, -0.15) is 4.52 Å². The van der Waals surface area contributed by atoms with Crippen molar-refractivity contribution in [3.05, 3.63) is 22.1 Å². The molecular formula is C16H23N5O3S. The first-order chi connectivity index (χ1) is 12.1. The highest BCUT2D eigenvalue weighted by molar-refractivity contribution is 7.20. The first-order valence-electron chi connectivity index (χ1n) is 8.47. The molecule has 0 aliphatic carbocycles. The van der Waals surface area contributed by atoms with E-state index in [1.807, 2.05) is 0 Å². The summed E-state index contributed by atoms with van der Waals surface area (Å²) in [5.74, 6) is 0.0165. The number of hydrogen-bond donors (Lipinski definition) is 1. The van der Waals surface area contributed by atoms with Gasteiger partial charge in [0.25, 0.3) is 5.56 Å². The maximum absolute atomic E-state index is 12.3. The number of rotatable bonds is 6. The number of nitrogens with one attached hydrogen (secondary N) is 1. The third kappa shape index (κ3) is 4.16. The molecule has 1 fully saturated rings. The SMILES string of the molecule is COCCCNC(=O)C1CCCN(c2nn3c(=O)cc(C)nc3s2)C1. The van der Waals surface area contributed by atoms with Gasteiger partial charge in [0.05, 0.1) is 5.92 Å². The lowest BCUT2D eigenvalue weighted by Crippen LogP contribution is -2.43. The Kier molecular flexibility index (Phi) is 5.64. The number of fused-ring (bicyclic) bond motifs is 1. The van der Waals surface area contributed by atoms with E-state index in [-0.39, 0.29) is 17.4 Å². The molecule has 0 bridgehead atoms. The highest BCUT2D eigenvalue weighted by Crippen LogP contribution is 2.26. The number of ether oxygens (including phenoxy) is 1. The molecule has 1 unspecified atom stereocenters. The Bertz CT molecular complexity index is 803. The Morgan fingerprint density at radius 1 is 1.52 bits per heavy atom. The number of aryl methyl sites for hydroxylation is 1. The van der Waals surface area contributed by atoms with Gasteiger partial charge in [-0.25, -0.2) is 4.98 Å². The third-order valence-electron chi connectivity index (χ3n) is 4.25. The Labute approximate surface area is 149 Å². The van der Waals surface area contributed by atoms with Crippen molar-refractivity contribution in [3.63, 3.8) is 0 Å². The van der Waals surface area contributed by atoms with Crippen LogP contribution in [-0.4, -0.2) is 53.9 Å². The van der Waals surface area contributed by atoms with Crippen LogP contribution in [0.5, 0.6) is 0 Å². The smallest absolute Gasteiger partial charge is 0.275 e. The van der Waals surface area contributed by atoms with Gasteiger partial charge in [-0.05, 0) is 26.2 Å². The topological polar surface area (TPSA) is 88.8 Å². The fourth-order valence-electron chi connectivity index (χ4n) is 2.98. The number of nitrogens with zero attached hydrogens (tertiary/aromatic N) is 4. The van der Waals surface area contributed by atoms with Crippen LogP contribution in [0.3, 0.4) is 0 Å². The van der Waals surface area contributed by atoms with E-state index in [4.69, 9.17) is 4.74 Å². The van der Waals surface area contributed by atoms with Gasteiger partial charge >= 0.3 is 0 Å². The largest absolute Gasteiger partial charge is 0.385 e. The summed E-state index contributed by atoms with van der Waals surface area (Å²) in [5, 5.41) is 8.11. The monoisotopic (exact) mass is 365 g/mol. The van der Waals surface area contributed by atoms with E-state index in [1.54, 1.807) is 14.0 Å². The van der Waals surface area contributed by atoms with E-state index in [9.17, 15) is 9.59 Å². The van der Waals surface area contributed by atoms with Gasteiger partial charge in [0.1, 0.15) is 0 Å². The molecule has 3 heterocycles. The second kappa shape index (κ2) is 7.92. The maximum atomic E-state index is 12.3. The summed E-state index contributed by atoms with van der Waals surface area (Å²) in [5.41, 5.74) is 0.515. The number of anilines is 1. The van der Waals surface area contributed by atoms with E-state index in [1.165, 1.54) is 21.9 Å². The normalized spacial score (nSPS) is 17.8. The molecule has 2 aromatic heterocycles. The number of carbonyl (C=O) groups excluding carboxylic acids is 1. The van der Waals surface area contributed by atoms with Crippen LogP contribution in [0.1, 0.15) is 25.0 Å². The Balaban J connectivity index is 1.68. The molecule has 0 aromatic carbocycles. The van der Waals surface area contributed by atoms with Crippen molar-refractivity contribution >= 4 is 27.3 Å². The molecule has 1 atom stereocenters. The second-order valence-electron chi connectivity index (χ2n) is 6.24. The lowest BCUT2D eigenvalue weighted by Gasteiger charge is -2.31. The fourth-order valence-corrected chi connectivity index (χ4v) is 3.96. The average molecular weight is 365 g/mol. The minimum absolute atomic E-state index is 0.0604. The molecule has 8 nitrogen and oxygen atoms in total. The first kappa shape index (κ1) is 17.8. The van der Waals surface area contributed by atoms with Crippen molar-refractivity contribution in [1.82, 2.24) is 19.9 Å². The van der Waals surface area contributed by atoms with Crippen molar-refractivity contribution in [1.29, 1.82) is 0 Å². The number of methoxy groups -OCH3 is 1. The molecule has 3 rings (SSSR count). The van der Waals surface area contributed by atoms with E-state index in [0.29, 0.717) is 30.4 Å². The first-order valence-corrected chi connectivity index (χ1v) is 9.29. The van der Waals surface area contributed by atoms with Crippen LogP contribution in [0.2, 0.25) is 0 Å². The highest BCUT2D eigenvalue weighted by atomic mass is 32.1. The summed E-state index contributed by atoms with van der Waals surface area (Å²) >= 11 is 1.39. The van der Waals surface area contributed by atoms with Crippen LogP contribution in [0.4, 0.5) is 5.13 Å². The summed E-state index contributed by atoms with van der Waals surface area (Å²) in [4.78, 5) is 31.4. The van der Waals surface area contributed by atoms with Crippen LogP contribution in [0.15, 0.2) is 10.9 Å². The molecule has 2 aromatic rings. The maximum Gasteiger partial charge on any atom is 0.275 e. The molecule has 0 radical (unpaired) electrons. The number of hydrogen-bond acceptors (Lipinski definition) is 7. The van der Waals surface area contributed by atoms with Gasteiger partial charge in [0.15, 0.2) is 0 Å². The van der Waals surface area contributed by atoms with Crippen molar-refractivity contribution in [2.75, 3.05) is 38.3 Å². The van der Waals surface area contributed by atoms with Gasteiger partial charge in [-0.3, -0.25) is 9.59 Å². The molecule has 9 heteroatoms. The molecule has 25 heavy (non-hydrogen) atoms. The third-order valence-corrected chi connectivity index (χ3v) is 5.22. The average Bonchev–Trinajstić information content (AvgIpc) is 3.03. The zero-order valence-corrected chi connectivity index (χ0v) is 15.3. The molecule has 1 saturated heterocycles. The minimum atomic E-state index is -0.172. The summed E-state index contributed by atoms with van der Waals surface area (Å²) in [6.45, 7) is 4.52. The zero-order valence-electron chi connectivity index (χ0n) is 14.5. The summed E-state index contributed by atoms with van der Waals surface area (Å²) in [6, 6.07) is 1.48. The standard InChI is InChI=1S/C16H23N5O3S/c1-11-9-13(22)21-15(18-11)25-16(19-21)20-7-3-5-12(10-20)14(23)17-6-4-8-24-2/h9,12H,3-8,10H2,1-2H3,(H,17,23). The number of aromatic nitrogens is 3. The molecule has 1 amide bonds.